The molecule has 0 unspecified atom stereocenters. The molecule has 2 aromatic rings. The van der Waals surface area contributed by atoms with E-state index in [9.17, 15) is 4.79 Å². The van der Waals surface area contributed by atoms with E-state index in [1.807, 2.05) is 36.4 Å². The van der Waals surface area contributed by atoms with Crippen LogP contribution in [0.4, 0.5) is 5.69 Å². The summed E-state index contributed by atoms with van der Waals surface area (Å²) in [6.07, 6.45) is 0.385. The Morgan fingerprint density at radius 2 is 1.56 bits per heavy atom. The minimum atomic E-state index is 0.00846. The van der Waals surface area contributed by atoms with Crippen LogP contribution in [0.2, 0.25) is 0 Å². The van der Waals surface area contributed by atoms with Crippen molar-refractivity contribution in [3.63, 3.8) is 0 Å². The van der Waals surface area contributed by atoms with Crippen molar-refractivity contribution in [2.45, 2.75) is 13.0 Å². The molecule has 1 aliphatic heterocycles. The number of benzene rings is 2. The number of likely N-dealkylation sites (N-methyl/N-ethyl adjacent to an activating group) is 1. The van der Waals surface area contributed by atoms with Crippen LogP contribution in [0.5, 0.6) is 0 Å². The second-order valence-corrected chi connectivity index (χ2v) is 7.54. The molecule has 25 heavy (non-hydrogen) atoms. The molecule has 0 radical (unpaired) electrons. The van der Waals surface area contributed by atoms with Crippen molar-refractivity contribution in [3.8, 4) is 0 Å². The Bertz CT molecular complexity index is 692. The Hall–Kier alpha value is -1.69. The van der Waals surface area contributed by atoms with Crippen LogP contribution in [0.15, 0.2) is 53.0 Å². The van der Waals surface area contributed by atoms with E-state index < -0.39 is 0 Å². The van der Waals surface area contributed by atoms with Crippen LogP contribution >= 0.6 is 15.9 Å². The third kappa shape index (κ3) is 5.66. The molecule has 0 aromatic heterocycles. The fraction of sp³-hybridized carbons (Fsp3) is 0.350. The highest BCUT2D eigenvalue weighted by Crippen LogP contribution is 2.14. The van der Waals surface area contributed by atoms with Gasteiger partial charge in [0.2, 0.25) is 5.91 Å². The van der Waals surface area contributed by atoms with E-state index in [4.69, 9.17) is 0 Å². The topological polar surface area (TPSA) is 35.6 Å². The van der Waals surface area contributed by atoms with Gasteiger partial charge in [-0.15, -0.1) is 0 Å². The molecule has 1 fully saturated rings. The van der Waals surface area contributed by atoms with Crippen molar-refractivity contribution < 1.29 is 4.79 Å². The number of hydrogen-bond acceptors (Lipinski definition) is 3. The zero-order valence-electron chi connectivity index (χ0n) is 14.5. The van der Waals surface area contributed by atoms with Crippen molar-refractivity contribution in [1.29, 1.82) is 0 Å². The molecular weight excluding hydrogens is 378 g/mol. The van der Waals surface area contributed by atoms with Crippen molar-refractivity contribution in [2.24, 2.45) is 0 Å². The molecular formula is C20H24BrN3O. The smallest absolute Gasteiger partial charge is 0.228 e. The van der Waals surface area contributed by atoms with Gasteiger partial charge in [-0.05, 0) is 42.4 Å². The third-order valence-electron chi connectivity index (χ3n) is 4.52. The van der Waals surface area contributed by atoms with E-state index in [1.54, 1.807) is 0 Å². The molecule has 132 valence electrons. The van der Waals surface area contributed by atoms with Gasteiger partial charge in [0.15, 0.2) is 0 Å². The van der Waals surface area contributed by atoms with Crippen molar-refractivity contribution >= 4 is 27.5 Å². The molecule has 0 aliphatic carbocycles. The summed E-state index contributed by atoms with van der Waals surface area (Å²) in [7, 11) is 2.17. The lowest BCUT2D eigenvalue weighted by Gasteiger charge is -2.32. The minimum absolute atomic E-state index is 0.00846. The standard InChI is InChI=1S/C20H24BrN3O/c1-23-10-12-24(13-11-23)15-17-4-8-19(9-5-17)22-20(25)14-16-2-6-18(21)7-3-16/h2-9H,10-15H2,1H3,(H,22,25). The van der Waals surface area contributed by atoms with E-state index in [0.29, 0.717) is 6.42 Å². The monoisotopic (exact) mass is 401 g/mol. The molecule has 1 aliphatic rings. The maximum atomic E-state index is 12.2. The normalized spacial score (nSPS) is 15.9. The molecule has 4 nitrogen and oxygen atoms in total. The van der Waals surface area contributed by atoms with Gasteiger partial charge >= 0.3 is 0 Å². The number of hydrogen-bond donors (Lipinski definition) is 1. The fourth-order valence-corrected chi connectivity index (χ4v) is 3.21. The van der Waals surface area contributed by atoms with Gasteiger partial charge in [-0.3, -0.25) is 9.69 Å². The van der Waals surface area contributed by atoms with E-state index in [2.05, 4.69) is 50.2 Å². The number of anilines is 1. The first-order chi connectivity index (χ1) is 12.1. The number of piperazine rings is 1. The summed E-state index contributed by atoms with van der Waals surface area (Å²) in [5, 5.41) is 2.97. The Labute approximate surface area is 158 Å². The van der Waals surface area contributed by atoms with Gasteiger partial charge in [0.05, 0.1) is 6.42 Å². The average Bonchev–Trinajstić information content (AvgIpc) is 2.61. The molecule has 1 heterocycles. The van der Waals surface area contributed by atoms with Gasteiger partial charge < -0.3 is 10.2 Å². The molecule has 0 saturated carbocycles. The van der Waals surface area contributed by atoms with Crippen LogP contribution in [0.25, 0.3) is 0 Å². The number of carbonyl (C=O) groups excluding carboxylic acids is 1. The Morgan fingerprint density at radius 3 is 2.20 bits per heavy atom. The van der Waals surface area contributed by atoms with E-state index in [-0.39, 0.29) is 5.91 Å². The number of halogens is 1. The molecule has 0 bridgehead atoms. The molecule has 1 amide bonds. The van der Waals surface area contributed by atoms with Crippen LogP contribution < -0.4 is 5.32 Å². The van der Waals surface area contributed by atoms with E-state index in [0.717, 1.165) is 48.4 Å². The predicted molar refractivity (Wildman–Crippen MR) is 106 cm³/mol. The molecule has 5 heteroatoms. The van der Waals surface area contributed by atoms with Crippen LogP contribution in [0.1, 0.15) is 11.1 Å². The SMILES string of the molecule is CN1CCN(Cc2ccc(NC(=O)Cc3ccc(Br)cc3)cc2)CC1. The summed E-state index contributed by atoms with van der Waals surface area (Å²) in [5.41, 5.74) is 3.15. The maximum Gasteiger partial charge on any atom is 0.228 e. The van der Waals surface area contributed by atoms with Gasteiger partial charge in [0.1, 0.15) is 0 Å². The van der Waals surface area contributed by atoms with Gasteiger partial charge in [0, 0.05) is 42.9 Å². The first-order valence-corrected chi connectivity index (χ1v) is 9.42. The molecule has 3 rings (SSSR count). The van der Waals surface area contributed by atoms with Crippen LogP contribution in [0, 0.1) is 0 Å². The second kappa shape index (κ2) is 8.61. The summed E-state index contributed by atoms with van der Waals surface area (Å²) in [6.45, 7) is 5.46. The number of nitrogens with one attached hydrogen (secondary N) is 1. The molecule has 1 N–H and O–H groups in total. The molecule has 0 atom stereocenters. The zero-order valence-corrected chi connectivity index (χ0v) is 16.1. The zero-order chi connectivity index (χ0) is 17.6. The van der Waals surface area contributed by atoms with Crippen molar-refractivity contribution in [1.82, 2.24) is 9.80 Å². The Balaban J connectivity index is 1.50. The minimum Gasteiger partial charge on any atom is -0.326 e. The van der Waals surface area contributed by atoms with Gasteiger partial charge in [0.25, 0.3) is 0 Å². The highest BCUT2D eigenvalue weighted by atomic mass is 79.9. The summed E-state index contributed by atoms with van der Waals surface area (Å²) >= 11 is 3.40. The maximum absolute atomic E-state index is 12.2. The fourth-order valence-electron chi connectivity index (χ4n) is 2.95. The largest absolute Gasteiger partial charge is 0.326 e. The Kier molecular flexibility index (Phi) is 6.24. The number of rotatable bonds is 5. The van der Waals surface area contributed by atoms with Gasteiger partial charge in [-0.2, -0.15) is 0 Å². The van der Waals surface area contributed by atoms with E-state index in [1.165, 1.54) is 5.56 Å². The van der Waals surface area contributed by atoms with E-state index >= 15 is 0 Å². The van der Waals surface area contributed by atoms with Gasteiger partial charge in [-0.25, -0.2) is 0 Å². The van der Waals surface area contributed by atoms with Crippen molar-refractivity contribution in [3.05, 3.63) is 64.1 Å². The first kappa shape index (κ1) is 18.1. The molecule has 2 aromatic carbocycles. The quantitative estimate of drug-likeness (QED) is 0.833. The third-order valence-corrected chi connectivity index (χ3v) is 5.05. The average molecular weight is 402 g/mol. The lowest BCUT2D eigenvalue weighted by Crippen LogP contribution is -2.43. The summed E-state index contributed by atoms with van der Waals surface area (Å²) in [6, 6.07) is 16.0. The summed E-state index contributed by atoms with van der Waals surface area (Å²) in [4.78, 5) is 17.0. The lowest BCUT2D eigenvalue weighted by molar-refractivity contribution is -0.115. The lowest BCUT2D eigenvalue weighted by atomic mass is 10.1. The van der Waals surface area contributed by atoms with Crippen LogP contribution in [-0.2, 0) is 17.8 Å². The summed E-state index contributed by atoms with van der Waals surface area (Å²) in [5.74, 6) is 0.00846. The predicted octanol–water partition coefficient (Wildman–Crippen LogP) is 3.38. The summed E-state index contributed by atoms with van der Waals surface area (Å²) < 4.78 is 1.02. The highest BCUT2D eigenvalue weighted by molar-refractivity contribution is 9.10. The second-order valence-electron chi connectivity index (χ2n) is 6.63. The Morgan fingerprint density at radius 1 is 0.960 bits per heavy atom. The van der Waals surface area contributed by atoms with Gasteiger partial charge in [-0.1, -0.05) is 40.2 Å². The molecule has 0 spiro atoms. The van der Waals surface area contributed by atoms with Crippen LogP contribution in [-0.4, -0.2) is 48.9 Å². The van der Waals surface area contributed by atoms with Crippen molar-refractivity contribution in [2.75, 3.05) is 38.5 Å². The number of amides is 1. The molecule has 1 saturated heterocycles. The van der Waals surface area contributed by atoms with Crippen LogP contribution in [0.3, 0.4) is 0 Å². The number of nitrogens with zero attached hydrogens (tertiary/aromatic N) is 2. The highest BCUT2D eigenvalue weighted by Gasteiger charge is 2.13. The number of carbonyl (C=O) groups is 1. The first-order valence-electron chi connectivity index (χ1n) is 8.62.